The van der Waals surface area contributed by atoms with E-state index in [0.29, 0.717) is 12.3 Å². The Kier molecular flexibility index (Phi) is 40.2. The molecule has 0 atom stereocenters. The molecule has 9 nitrogen and oxygen atoms in total. The van der Waals surface area contributed by atoms with Gasteiger partial charge in [0.05, 0.1) is 0 Å². The topological polar surface area (TPSA) is 93.7 Å². The van der Waals surface area contributed by atoms with Crippen LogP contribution in [0.2, 0.25) is 50.4 Å². The van der Waals surface area contributed by atoms with Crippen molar-refractivity contribution in [2.24, 2.45) is 5.92 Å². The van der Waals surface area contributed by atoms with E-state index in [1.165, 1.54) is 185 Å². The number of hydrogen-bond acceptors (Lipinski definition) is 8. The van der Waals surface area contributed by atoms with Crippen LogP contribution in [-0.4, -0.2) is 89.4 Å². The first-order chi connectivity index (χ1) is 29.8. The van der Waals surface area contributed by atoms with Gasteiger partial charge >= 0.3 is 17.6 Å². The van der Waals surface area contributed by atoms with E-state index in [2.05, 4.69) is 38.4 Å². The van der Waals surface area contributed by atoms with Crippen molar-refractivity contribution in [1.29, 1.82) is 0 Å². The van der Waals surface area contributed by atoms with Gasteiger partial charge < -0.3 is 36.0 Å². The molecule has 1 N–H and O–H groups in total. The van der Waals surface area contributed by atoms with E-state index >= 15 is 0 Å². The fourth-order valence-corrected chi connectivity index (χ4v) is 21.9. The van der Waals surface area contributed by atoms with E-state index in [4.69, 9.17) is 30.7 Å². The highest BCUT2D eigenvalue weighted by Gasteiger charge is 2.37. The summed E-state index contributed by atoms with van der Waals surface area (Å²) in [7, 11) is 2.34. The van der Waals surface area contributed by atoms with Gasteiger partial charge in [-0.2, -0.15) is 0 Å². The molecule has 0 spiro atoms. The minimum absolute atomic E-state index is 0.268. The van der Waals surface area contributed by atoms with Crippen LogP contribution in [0.1, 0.15) is 206 Å². The SMILES string of the molecule is CCCC[Si](C)(C)O[Si](C)(C)CCCCCCCCCCC(=O)NCC(CCCCCCCCCCC[Si](OC)(OC)OC)CCCCCCCCCCC[Si](OC)(OC)OC. The molecule has 0 fully saturated rings. The lowest BCUT2D eigenvalue weighted by atomic mass is 9.93. The molecular weight excluding hydrogens is 843 g/mol. The first kappa shape index (κ1) is 62.1. The van der Waals surface area contributed by atoms with Gasteiger partial charge in [0.15, 0.2) is 16.6 Å². The second kappa shape index (κ2) is 40.2. The molecule has 0 unspecified atom stereocenters. The lowest BCUT2D eigenvalue weighted by molar-refractivity contribution is -0.121. The van der Waals surface area contributed by atoms with E-state index in [1.807, 2.05) is 0 Å². The molecule has 0 saturated carbocycles. The smallest absolute Gasteiger partial charge is 0.455 e. The molecule has 62 heavy (non-hydrogen) atoms. The normalized spacial score (nSPS) is 12.8. The van der Waals surface area contributed by atoms with Gasteiger partial charge in [-0.3, -0.25) is 4.79 Å². The Morgan fingerprint density at radius 1 is 0.403 bits per heavy atom. The summed E-state index contributed by atoms with van der Waals surface area (Å²) >= 11 is 0. The van der Waals surface area contributed by atoms with Crippen molar-refractivity contribution in [3.05, 3.63) is 0 Å². The molecule has 0 radical (unpaired) electrons. The van der Waals surface area contributed by atoms with Crippen LogP contribution >= 0.6 is 0 Å². The predicted octanol–water partition coefficient (Wildman–Crippen LogP) is 15.0. The Hall–Kier alpha value is 0.0575. The second-order valence-corrected chi connectivity index (χ2v) is 34.8. The summed E-state index contributed by atoms with van der Waals surface area (Å²) in [5.74, 6) is 0.877. The molecule has 0 rings (SSSR count). The van der Waals surface area contributed by atoms with Crippen molar-refractivity contribution in [3.8, 4) is 0 Å². The number of amides is 1. The van der Waals surface area contributed by atoms with Gasteiger partial charge in [-0.15, -0.1) is 0 Å². The molecule has 0 bridgehead atoms. The third-order valence-electron chi connectivity index (χ3n) is 13.3. The van der Waals surface area contributed by atoms with Crippen molar-refractivity contribution < 1.29 is 35.5 Å². The summed E-state index contributed by atoms with van der Waals surface area (Å²) in [6, 6.07) is 4.42. The van der Waals surface area contributed by atoms with Crippen molar-refractivity contribution >= 4 is 40.2 Å². The van der Waals surface area contributed by atoms with Crippen LogP contribution in [0.4, 0.5) is 0 Å². The van der Waals surface area contributed by atoms with E-state index in [1.54, 1.807) is 42.7 Å². The Balaban J connectivity index is 4.39. The first-order valence-corrected chi connectivity index (χ1v) is 36.2. The third-order valence-corrected chi connectivity index (χ3v) is 26.5. The van der Waals surface area contributed by atoms with E-state index < -0.39 is 34.2 Å². The van der Waals surface area contributed by atoms with Crippen molar-refractivity contribution in [1.82, 2.24) is 5.32 Å². The second-order valence-electron chi connectivity index (χ2n) is 19.8. The summed E-state index contributed by atoms with van der Waals surface area (Å²) in [6.07, 6.45) is 38.9. The van der Waals surface area contributed by atoms with Crippen LogP contribution in [-0.2, 0) is 35.5 Å². The molecule has 0 saturated heterocycles. The Morgan fingerprint density at radius 3 is 1.03 bits per heavy atom. The highest BCUT2D eigenvalue weighted by molar-refractivity contribution is 6.84. The highest BCUT2D eigenvalue weighted by atomic mass is 28.4. The molecule has 0 aromatic carbocycles. The lowest BCUT2D eigenvalue weighted by Crippen LogP contribution is -2.44. The van der Waals surface area contributed by atoms with Gasteiger partial charge in [-0.05, 0) is 76.3 Å². The molecule has 0 aliphatic carbocycles. The molecule has 0 aliphatic heterocycles. The van der Waals surface area contributed by atoms with Crippen molar-refractivity contribution in [2.45, 2.75) is 256 Å². The average Bonchev–Trinajstić information content (AvgIpc) is 3.26. The first-order valence-electron chi connectivity index (χ1n) is 26.1. The Bertz CT molecular complexity index is 945. The van der Waals surface area contributed by atoms with Gasteiger partial charge in [0.25, 0.3) is 0 Å². The fourth-order valence-electron chi connectivity index (χ4n) is 9.18. The molecule has 372 valence electrons. The van der Waals surface area contributed by atoms with Crippen LogP contribution in [0.3, 0.4) is 0 Å². The zero-order valence-corrected chi connectivity index (χ0v) is 47.3. The average molecular weight is 951 g/mol. The lowest BCUT2D eigenvalue weighted by Gasteiger charge is -2.34. The van der Waals surface area contributed by atoms with Crippen LogP contribution in [0.15, 0.2) is 0 Å². The van der Waals surface area contributed by atoms with Gasteiger partial charge in [-0.25, -0.2) is 0 Å². The van der Waals surface area contributed by atoms with Crippen molar-refractivity contribution in [3.63, 3.8) is 0 Å². The number of rotatable bonds is 48. The Morgan fingerprint density at radius 2 is 0.694 bits per heavy atom. The van der Waals surface area contributed by atoms with Crippen LogP contribution in [0.25, 0.3) is 0 Å². The number of unbranched alkanes of at least 4 members (excludes halogenated alkanes) is 24. The minimum atomic E-state index is -2.42. The molecular formula is C49H107NO8Si4. The number of hydrogen-bond donors (Lipinski definition) is 1. The summed E-state index contributed by atoms with van der Waals surface area (Å²) in [4.78, 5) is 12.9. The van der Waals surface area contributed by atoms with E-state index in [0.717, 1.165) is 37.9 Å². The molecule has 0 aromatic rings. The van der Waals surface area contributed by atoms with Crippen LogP contribution in [0.5, 0.6) is 0 Å². The maximum absolute atomic E-state index is 12.9. The van der Waals surface area contributed by atoms with E-state index in [9.17, 15) is 4.79 Å². The van der Waals surface area contributed by atoms with Gasteiger partial charge in [0, 0.05) is 67.7 Å². The summed E-state index contributed by atoms with van der Waals surface area (Å²) in [5.41, 5.74) is 0. The number of nitrogens with one attached hydrogen (secondary N) is 1. The molecule has 0 heterocycles. The molecule has 1 amide bonds. The van der Waals surface area contributed by atoms with Crippen LogP contribution in [0, 0.1) is 5.92 Å². The minimum Gasteiger partial charge on any atom is -0.455 e. The fraction of sp³-hybridized carbons (Fsp3) is 0.980. The maximum Gasteiger partial charge on any atom is 0.500 e. The van der Waals surface area contributed by atoms with E-state index in [-0.39, 0.29) is 5.91 Å². The largest absolute Gasteiger partial charge is 0.500 e. The third kappa shape index (κ3) is 34.4. The van der Waals surface area contributed by atoms with Gasteiger partial charge in [0.1, 0.15) is 0 Å². The van der Waals surface area contributed by atoms with Gasteiger partial charge in [0.2, 0.25) is 5.91 Å². The quantitative estimate of drug-likeness (QED) is 0.0476. The summed E-state index contributed by atoms with van der Waals surface area (Å²) in [6.45, 7) is 12.9. The number of carbonyl (C=O) groups excluding carboxylic acids is 1. The van der Waals surface area contributed by atoms with Gasteiger partial charge in [-0.1, -0.05) is 167 Å². The molecule has 0 aliphatic rings. The maximum atomic E-state index is 12.9. The zero-order chi connectivity index (χ0) is 46.3. The van der Waals surface area contributed by atoms with Crippen molar-refractivity contribution in [2.75, 3.05) is 49.2 Å². The zero-order valence-electron chi connectivity index (χ0n) is 43.3. The highest BCUT2D eigenvalue weighted by Crippen LogP contribution is 2.26. The Labute approximate surface area is 390 Å². The predicted molar refractivity (Wildman–Crippen MR) is 274 cm³/mol. The number of carbonyl (C=O) groups is 1. The standard InChI is InChI=1S/C49H107NO8Si4/c1-12-13-43-59(8,9)58-60(10,11)44-37-31-25-21-18-24-30-36-42-49(51)50-47-48(40-34-28-22-16-14-19-26-32-38-45-61(52-2,53-3)54-4)41-35-29-23-17-15-20-27-33-39-46-62(55-5,56-6)57-7/h48H,12-47H2,1-11H3,(H,50,51). The molecule has 0 aromatic heterocycles. The van der Waals surface area contributed by atoms with Crippen LogP contribution < -0.4 is 5.32 Å². The summed E-state index contributed by atoms with van der Waals surface area (Å²) in [5, 5.41) is 3.37. The summed E-state index contributed by atoms with van der Waals surface area (Å²) < 4.78 is 40.1. The monoisotopic (exact) mass is 950 g/mol. The molecule has 13 heteroatoms.